The van der Waals surface area contributed by atoms with Crippen molar-refractivity contribution in [2.24, 2.45) is 17.8 Å². The van der Waals surface area contributed by atoms with Gasteiger partial charge in [-0.1, -0.05) is 55.3 Å². The van der Waals surface area contributed by atoms with Gasteiger partial charge in [0.05, 0.1) is 5.69 Å². The molecule has 0 saturated heterocycles. The van der Waals surface area contributed by atoms with Crippen molar-refractivity contribution in [3.05, 3.63) is 78.1 Å². The molecule has 4 heteroatoms. The van der Waals surface area contributed by atoms with Crippen molar-refractivity contribution in [1.29, 1.82) is 0 Å². The van der Waals surface area contributed by atoms with Gasteiger partial charge >= 0.3 is 0 Å². The summed E-state index contributed by atoms with van der Waals surface area (Å²) in [5, 5.41) is 10.2. The van der Waals surface area contributed by atoms with E-state index < -0.39 is 0 Å². The molecule has 0 bridgehead atoms. The fourth-order valence-electron chi connectivity index (χ4n) is 6.01. The summed E-state index contributed by atoms with van der Waals surface area (Å²) < 4.78 is 0. The average molecular weight is 442 g/mol. The first-order valence-corrected chi connectivity index (χ1v) is 12.2. The number of benzene rings is 2. The first kappa shape index (κ1) is 21.7. The number of phenols is 1. The number of carbonyl (C=O) groups is 2. The Bertz CT molecular complexity index is 1130. The second-order valence-electron chi connectivity index (χ2n) is 9.77. The summed E-state index contributed by atoms with van der Waals surface area (Å²) in [6.07, 6.45) is 8.40. The maximum absolute atomic E-state index is 13.0. The molecule has 33 heavy (non-hydrogen) atoms. The highest BCUT2D eigenvalue weighted by molar-refractivity contribution is 5.96. The molecule has 1 aromatic heterocycles. The quantitative estimate of drug-likeness (QED) is 0.349. The highest BCUT2D eigenvalue weighted by Crippen LogP contribution is 2.45. The molecule has 0 aliphatic heterocycles. The Morgan fingerprint density at radius 2 is 1.79 bits per heavy atom. The monoisotopic (exact) mass is 441 g/mol. The lowest BCUT2D eigenvalue weighted by molar-refractivity contribution is -0.118. The van der Waals surface area contributed by atoms with Crippen LogP contribution >= 0.6 is 0 Å². The molecule has 2 saturated carbocycles. The molecule has 2 fully saturated rings. The third-order valence-corrected chi connectivity index (χ3v) is 7.81. The minimum Gasteiger partial charge on any atom is -0.507 e. The van der Waals surface area contributed by atoms with Crippen LogP contribution in [0.15, 0.2) is 66.9 Å². The average Bonchev–Trinajstić information content (AvgIpc) is 3.43. The number of hydrogen-bond acceptors (Lipinski definition) is 3. The zero-order valence-corrected chi connectivity index (χ0v) is 18.9. The van der Waals surface area contributed by atoms with Gasteiger partial charge in [0.15, 0.2) is 5.78 Å². The Balaban J connectivity index is 1.27. The Kier molecular flexibility index (Phi) is 6.17. The number of rotatable bonds is 5. The van der Waals surface area contributed by atoms with E-state index in [1.807, 2.05) is 54.7 Å². The summed E-state index contributed by atoms with van der Waals surface area (Å²) in [5.41, 5.74) is 3.51. The van der Waals surface area contributed by atoms with E-state index in [1.165, 1.54) is 0 Å². The molecule has 4 atom stereocenters. The van der Waals surface area contributed by atoms with E-state index in [0.29, 0.717) is 24.0 Å². The Morgan fingerprint density at radius 1 is 0.909 bits per heavy atom. The maximum Gasteiger partial charge on any atom is 0.182 e. The molecule has 4 unspecified atom stereocenters. The van der Waals surface area contributed by atoms with E-state index in [9.17, 15) is 14.7 Å². The predicted molar refractivity (Wildman–Crippen MR) is 129 cm³/mol. The Hall–Kier alpha value is -3.14. The predicted octanol–water partition coefficient (Wildman–Crippen LogP) is 6.53. The van der Waals surface area contributed by atoms with Gasteiger partial charge in [0.1, 0.15) is 11.5 Å². The molecule has 3 aromatic rings. The summed E-state index contributed by atoms with van der Waals surface area (Å²) in [6.45, 7) is 0. The van der Waals surface area contributed by atoms with Crippen molar-refractivity contribution in [3.8, 4) is 16.9 Å². The first-order valence-electron chi connectivity index (χ1n) is 12.2. The van der Waals surface area contributed by atoms with Crippen LogP contribution in [0.1, 0.15) is 66.9 Å². The summed E-state index contributed by atoms with van der Waals surface area (Å²) in [7, 11) is 0. The van der Waals surface area contributed by atoms with Crippen LogP contribution in [-0.2, 0) is 4.79 Å². The molecule has 4 nitrogen and oxygen atoms in total. The Morgan fingerprint density at radius 3 is 2.61 bits per heavy atom. The maximum atomic E-state index is 13.0. The van der Waals surface area contributed by atoms with Gasteiger partial charge in [0.2, 0.25) is 0 Å². The highest BCUT2D eigenvalue weighted by Gasteiger charge is 2.38. The van der Waals surface area contributed by atoms with Crippen LogP contribution in [0.5, 0.6) is 5.75 Å². The van der Waals surface area contributed by atoms with E-state index in [-0.39, 0.29) is 23.4 Å². The van der Waals surface area contributed by atoms with Crippen LogP contribution < -0.4 is 0 Å². The molecular formula is C29H31NO3. The SMILES string of the molecule is O=C(c1ccc[nH]1)C1CCCC(C2CC(=O)C(c3cccc(-c4ccccc4O)c3)C2)CC1. The number of aromatic hydroxyl groups is 1. The van der Waals surface area contributed by atoms with E-state index >= 15 is 0 Å². The molecule has 1 heterocycles. The van der Waals surface area contributed by atoms with Crippen LogP contribution in [0.4, 0.5) is 0 Å². The van der Waals surface area contributed by atoms with Gasteiger partial charge in [-0.2, -0.15) is 0 Å². The number of carbonyl (C=O) groups excluding carboxylic acids is 2. The lowest BCUT2D eigenvalue weighted by Gasteiger charge is -2.21. The van der Waals surface area contributed by atoms with Gasteiger partial charge in [0.25, 0.3) is 0 Å². The molecule has 170 valence electrons. The van der Waals surface area contributed by atoms with Crippen molar-refractivity contribution in [1.82, 2.24) is 4.98 Å². The van der Waals surface area contributed by atoms with Gasteiger partial charge in [-0.15, -0.1) is 0 Å². The smallest absolute Gasteiger partial charge is 0.182 e. The van der Waals surface area contributed by atoms with Crippen molar-refractivity contribution < 1.29 is 14.7 Å². The molecule has 0 radical (unpaired) electrons. The van der Waals surface area contributed by atoms with Crippen molar-refractivity contribution in [2.75, 3.05) is 0 Å². The highest BCUT2D eigenvalue weighted by atomic mass is 16.3. The van der Waals surface area contributed by atoms with E-state index in [2.05, 4.69) is 11.1 Å². The van der Waals surface area contributed by atoms with Crippen molar-refractivity contribution in [3.63, 3.8) is 0 Å². The van der Waals surface area contributed by atoms with Crippen LogP contribution in [-0.4, -0.2) is 21.7 Å². The van der Waals surface area contributed by atoms with Crippen LogP contribution in [0, 0.1) is 17.8 Å². The lowest BCUT2D eigenvalue weighted by atomic mass is 9.83. The fraction of sp³-hybridized carbons (Fsp3) is 0.379. The van der Waals surface area contributed by atoms with Crippen LogP contribution in [0.25, 0.3) is 11.1 Å². The van der Waals surface area contributed by atoms with Gasteiger partial charge in [-0.3, -0.25) is 9.59 Å². The zero-order chi connectivity index (χ0) is 22.8. The molecule has 2 aliphatic carbocycles. The van der Waals surface area contributed by atoms with Crippen molar-refractivity contribution >= 4 is 11.6 Å². The van der Waals surface area contributed by atoms with E-state index in [1.54, 1.807) is 6.07 Å². The Labute approximate surface area is 195 Å². The number of para-hydroxylation sites is 1. The van der Waals surface area contributed by atoms with Gasteiger partial charge in [-0.25, -0.2) is 0 Å². The van der Waals surface area contributed by atoms with Gasteiger partial charge in [-0.05, 0) is 66.8 Å². The zero-order valence-electron chi connectivity index (χ0n) is 18.9. The normalized spacial score (nSPS) is 25.6. The summed E-state index contributed by atoms with van der Waals surface area (Å²) >= 11 is 0. The molecule has 5 rings (SSSR count). The standard InChI is InChI=1S/C29H31NO3/c31-27-12-2-1-10-24(27)21-8-4-9-22(16-21)25-17-23(18-28(25)32)19-6-3-7-20(14-13-19)29(33)26-11-5-15-30-26/h1-2,4-5,8-12,15-16,19-20,23,25,30-31H,3,6-7,13-14,17-18H2. The largest absolute Gasteiger partial charge is 0.507 e. The topological polar surface area (TPSA) is 70.2 Å². The second kappa shape index (κ2) is 9.38. The van der Waals surface area contributed by atoms with Gasteiger partial charge in [0, 0.05) is 30.0 Å². The summed E-state index contributed by atoms with van der Waals surface area (Å²) in [5.74, 6) is 1.77. The number of Topliss-reactive ketones (excluding diaryl/α,β-unsaturated/α-hetero) is 2. The molecule has 2 N–H and O–H groups in total. The number of H-pyrrole nitrogens is 1. The second-order valence-corrected chi connectivity index (χ2v) is 9.77. The number of ketones is 2. The minimum absolute atomic E-state index is 0.0691. The number of hydrogen-bond donors (Lipinski definition) is 2. The minimum atomic E-state index is -0.0691. The molecule has 2 aromatic carbocycles. The molecular weight excluding hydrogens is 410 g/mol. The number of aromatic amines is 1. The third kappa shape index (κ3) is 4.52. The molecule has 2 aliphatic rings. The summed E-state index contributed by atoms with van der Waals surface area (Å²) in [4.78, 5) is 28.9. The molecule has 0 amide bonds. The van der Waals surface area contributed by atoms with E-state index in [4.69, 9.17) is 0 Å². The number of phenolic OH excluding ortho intramolecular Hbond substituents is 1. The number of nitrogens with one attached hydrogen (secondary N) is 1. The molecule has 0 spiro atoms. The van der Waals surface area contributed by atoms with Gasteiger partial charge < -0.3 is 10.1 Å². The third-order valence-electron chi connectivity index (χ3n) is 7.81. The number of aromatic nitrogens is 1. The summed E-state index contributed by atoms with van der Waals surface area (Å²) in [6, 6.07) is 19.2. The fourth-order valence-corrected chi connectivity index (χ4v) is 6.01. The van der Waals surface area contributed by atoms with Crippen LogP contribution in [0.2, 0.25) is 0 Å². The van der Waals surface area contributed by atoms with Crippen LogP contribution in [0.3, 0.4) is 0 Å². The van der Waals surface area contributed by atoms with E-state index in [0.717, 1.165) is 60.9 Å². The lowest BCUT2D eigenvalue weighted by Crippen LogP contribution is -2.15. The van der Waals surface area contributed by atoms with Crippen molar-refractivity contribution in [2.45, 2.75) is 50.9 Å². The first-order chi connectivity index (χ1) is 16.1.